The number of aromatic nitrogens is 4. The fourth-order valence-electron chi connectivity index (χ4n) is 6.23. The molecular formula is C26H34N6O2. The first-order valence-corrected chi connectivity index (χ1v) is 12.6. The lowest BCUT2D eigenvalue weighted by Gasteiger charge is -2.27. The van der Waals surface area contributed by atoms with Gasteiger partial charge in [0.25, 0.3) is 0 Å². The van der Waals surface area contributed by atoms with E-state index < -0.39 is 0 Å². The number of hydrogen-bond acceptors (Lipinski definition) is 7. The molecule has 1 N–H and O–H groups in total. The summed E-state index contributed by atoms with van der Waals surface area (Å²) >= 11 is 0. The van der Waals surface area contributed by atoms with Gasteiger partial charge in [-0.25, -0.2) is 0 Å². The molecule has 4 heterocycles. The summed E-state index contributed by atoms with van der Waals surface area (Å²) in [5, 5.41) is 18.2. The molecule has 34 heavy (non-hydrogen) atoms. The molecule has 1 unspecified atom stereocenters. The Morgan fingerprint density at radius 1 is 1.09 bits per heavy atom. The van der Waals surface area contributed by atoms with Gasteiger partial charge in [-0.3, -0.25) is 4.68 Å². The lowest BCUT2D eigenvalue weighted by Crippen LogP contribution is -2.32. The van der Waals surface area contributed by atoms with Gasteiger partial charge >= 0.3 is 0 Å². The van der Waals surface area contributed by atoms with Crippen LogP contribution in [0.4, 0.5) is 5.82 Å². The van der Waals surface area contributed by atoms with Crippen molar-refractivity contribution in [3.63, 3.8) is 0 Å². The van der Waals surface area contributed by atoms with E-state index in [0.717, 1.165) is 64.7 Å². The average Bonchev–Trinajstić information content (AvgIpc) is 3.51. The largest absolute Gasteiger partial charge is 0.493 e. The molecule has 180 valence electrons. The minimum absolute atomic E-state index is 0.432. The minimum atomic E-state index is 0.432. The highest BCUT2D eigenvalue weighted by Crippen LogP contribution is 2.40. The van der Waals surface area contributed by atoms with Crippen molar-refractivity contribution in [3.05, 3.63) is 30.5 Å². The van der Waals surface area contributed by atoms with Gasteiger partial charge in [0.1, 0.15) is 0 Å². The Balaban J connectivity index is 1.10. The number of nitrogens with one attached hydrogen (secondary N) is 1. The fraction of sp³-hybridized carbons (Fsp3) is 0.577. The van der Waals surface area contributed by atoms with Crippen LogP contribution in [0.2, 0.25) is 0 Å². The van der Waals surface area contributed by atoms with Gasteiger partial charge in [0.2, 0.25) is 0 Å². The van der Waals surface area contributed by atoms with E-state index in [1.165, 1.54) is 45.3 Å². The number of likely N-dealkylation sites (tertiary alicyclic amines) is 1. The standard InChI is InChI=1S/C26H34N6O2/c1-31-14-21-9-18(3-4-23(21)30-31)24-12-25(33-2)26(29-28-24)27-22-10-19-15-32(16-20(19)11-22)13-17-5-7-34-8-6-17/h3-4,9,12,14,17,19-20,22H,5-8,10-11,13,15-16H2,1-2H3,(H,27,29)/t19-,20+,22?. The van der Waals surface area contributed by atoms with Crippen LogP contribution in [-0.2, 0) is 11.8 Å². The second kappa shape index (κ2) is 9.15. The number of hydrogen-bond donors (Lipinski definition) is 1. The maximum absolute atomic E-state index is 5.71. The molecule has 2 aliphatic heterocycles. The van der Waals surface area contributed by atoms with Crippen molar-refractivity contribution < 1.29 is 9.47 Å². The van der Waals surface area contributed by atoms with Gasteiger partial charge < -0.3 is 19.7 Å². The van der Waals surface area contributed by atoms with Crippen molar-refractivity contribution in [2.24, 2.45) is 24.8 Å². The molecule has 3 atom stereocenters. The number of rotatable bonds is 6. The summed E-state index contributed by atoms with van der Waals surface area (Å²) < 4.78 is 13.1. The van der Waals surface area contributed by atoms with Crippen LogP contribution >= 0.6 is 0 Å². The third kappa shape index (κ3) is 4.36. The average molecular weight is 463 g/mol. The van der Waals surface area contributed by atoms with Crippen LogP contribution in [0.25, 0.3) is 22.2 Å². The molecule has 3 aliphatic rings. The Morgan fingerprint density at radius 3 is 2.65 bits per heavy atom. The van der Waals surface area contributed by atoms with Crippen molar-refractivity contribution in [1.82, 2.24) is 24.9 Å². The molecule has 1 aliphatic carbocycles. The number of ether oxygens (including phenoxy) is 2. The highest BCUT2D eigenvalue weighted by Gasteiger charge is 2.41. The Hall–Kier alpha value is -2.71. The summed E-state index contributed by atoms with van der Waals surface area (Å²) in [5.74, 6) is 3.87. The summed E-state index contributed by atoms with van der Waals surface area (Å²) in [6.07, 6.45) is 6.85. The molecular weight excluding hydrogens is 428 g/mol. The molecule has 3 fully saturated rings. The first kappa shape index (κ1) is 21.8. The zero-order chi connectivity index (χ0) is 23.1. The quantitative estimate of drug-likeness (QED) is 0.600. The molecule has 6 rings (SSSR count). The Morgan fingerprint density at radius 2 is 1.88 bits per heavy atom. The van der Waals surface area contributed by atoms with Gasteiger partial charge in [-0.1, -0.05) is 6.07 Å². The summed E-state index contributed by atoms with van der Waals surface area (Å²) in [6, 6.07) is 8.58. The van der Waals surface area contributed by atoms with Gasteiger partial charge in [-0.2, -0.15) is 5.10 Å². The van der Waals surface area contributed by atoms with Crippen LogP contribution in [-0.4, -0.2) is 70.9 Å². The Labute approximate surface area is 200 Å². The number of nitrogens with zero attached hydrogens (tertiary/aromatic N) is 5. The molecule has 0 spiro atoms. The third-order valence-corrected chi connectivity index (χ3v) is 7.92. The SMILES string of the molecule is COc1cc(-c2ccc3nn(C)cc3c2)nnc1NC1C[C@@H]2CN(CC3CCOCC3)C[C@@H]2C1. The molecule has 2 aromatic heterocycles. The highest BCUT2D eigenvalue weighted by molar-refractivity contribution is 5.83. The highest BCUT2D eigenvalue weighted by atomic mass is 16.5. The lowest BCUT2D eigenvalue weighted by molar-refractivity contribution is 0.0545. The zero-order valence-electron chi connectivity index (χ0n) is 20.1. The predicted molar refractivity (Wildman–Crippen MR) is 132 cm³/mol. The number of anilines is 1. The topological polar surface area (TPSA) is 77.3 Å². The first-order chi connectivity index (χ1) is 16.6. The molecule has 1 aromatic carbocycles. The van der Waals surface area contributed by atoms with Gasteiger partial charge in [-0.15, -0.1) is 10.2 Å². The van der Waals surface area contributed by atoms with E-state index in [1.54, 1.807) is 7.11 Å². The number of benzene rings is 1. The van der Waals surface area contributed by atoms with Gasteiger partial charge in [-0.05, 0) is 55.6 Å². The minimum Gasteiger partial charge on any atom is -0.493 e. The second-order valence-electron chi connectivity index (χ2n) is 10.3. The Bertz CT molecular complexity index is 1140. The molecule has 0 radical (unpaired) electrons. The van der Waals surface area contributed by atoms with E-state index in [0.29, 0.717) is 6.04 Å². The predicted octanol–water partition coefficient (Wildman–Crippen LogP) is 3.59. The maximum atomic E-state index is 5.71. The first-order valence-electron chi connectivity index (χ1n) is 12.6. The van der Waals surface area contributed by atoms with Gasteiger partial charge in [0.05, 0.1) is 18.3 Å². The second-order valence-corrected chi connectivity index (χ2v) is 10.3. The van der Waals surface area contributed by atoms with E-state index in [9.17, 15) is 0 Å². The molecule has 8 nitrogen and oxygen atoms in total. The number of aryl methyl sites for hydroxylation is 1. The molecule has 3 aromatic rings. The van der Waals surface area contributed by atoms with E-state index >= 15 is 0 Å². The van der Waals surface area contributed by atoms with Crippen molar-refractivity contribution in [2.45, 2.75) is 31.7 Å². The smallest absolute Gasteiger partial charge is 0.191 e. The number of fused-ring (bicyclic) bond motifs is 2. The lowest BCUT2D eigenvalue weighted by atomic mass is 10.00. The molecule has 0 bridgehead atoms. The van der Waals surface area contributed by atoms with Crippen molar-refractivity contribution >= 4 is 16.7 Å². The van der Waals surface area contributed by atoms with E-state index in [1.807, 2.05) is 36.1 Å². The summed E-state index contributed by atoms with van der Waals surface area (Å²) in [4.78, 5) is 2.70. The van der Waals surface area contributed by atoms with Crippen LogP contribution in [0.5, 0.6) is 5.75 Å². The summed E-state index contributed by atoms with van der Waals surface area (Å²) in [5.41, 5.74) is 2.79. The maximum Gasteiger partial charge on any atom is 0.191 e. The van der Waals surface area contributed by atoms with Crippen LogP contribution in [0.1, 0.15) is 25.7 Å². The van der Waals surface area contributed by atoms with Crippen LogP contribution in [0, 0.1) is 17.8 Å². The Kier molecular flexibility index (Phi) is 5.87. The van der Waals surface area contributed by atoms with E-state index in [4.69, 9.17) is 9.47 Å². The molecule has 0 amide bonds. The van der Waals surface area contributed by atoms with Crippen molar-refractivity contribution in [1.29, 1.82) is 0 Å². The third-order valence-electron chi connectivity index (χ3n) is 7.92. The van der Waals surface area contributed by atoms with Crippen LogP contribution < -0.4 is 10.1 Å². The zero-order valence-corrected chi connectivity index (χ0v) is 20.1. The van der Waals surface area contributed by atoms with Gasteiger partial charge in [0.15, 0.2) is 11.6 Å². The van der Waals surface area contributed by atoms with E-state index in [2.05, 4.69) is 31.6 Å². The summed E-state index contributed by atoms with van der Waals surface area (Å²) in [7, 11) is 3.64. The van der Waals surface area contributed by atoms with Crippen LogP contribution in [0.15, 0.2) is 30.5 Å². The van der Waals surface area contributed by atoms with Crippen molar-refractivity contribution in [2.75, 3.05) is 45.3 Å². The monoisotopic (exact) mass is 462 g/mol. The van der Waals surface area contributed by atoms with Crippen LogP contribution in [0.3, 0.4) is 0 Å². The molecule has 2 saturated heterocycles. The van der Waals surface area contributed by atoms with Crippen molar-refractivity contribution in [3.8, 4) is 17.0 Å². The van der Waals surface area contributed by atoms with E-state index in [-0.39, 0.29) is 0 Å². The fourth-order valence-corrected chi connectivity index (χ4v) is 6.23. The number of methoxy groups -OCH3 is 1. The van der Waals surface area contributed by atoms with Gasteiger partial charge in [0, 0.05) is 69.2 Å². The normalized spacial score (nSPS) is 25.6. The summed E-state index contributed by atoms with van der Waals surface area (Å²) in [6.45, 7) is 5.60. The molecule has 1 saturated carbocycles. The molecule has 8 heteroatoms.